The predicted molar refractivity (Wildman–Crippen MR) is 124 cm³/mol. The molecular formula is C25H36N4O3. The van der Waals surface area contributed by atoms with Gasteiger partial charge in [0, 0.05) is 58.3 Å². The Balaban J connectivity index is 1.15. The number of anilines is 1. The monoisotopic (exact) mass is 440 g/mol. The maximum Gasteiger partial charge on any atom is 0.236 e. The Morgan fingerprint density at radius 2 is 1.91 bits per heavy atom. The van der Waals surface area contributed by atoms with E-state index in [0.29, 0.717) is 36.9 Å². The molecule has 0 unspecified atom stereocenters. The molecule has 174 valence electrons. The molecule has 7 heteroatoms. The second-order valence-corrected chi connectivity index (χ2v) is 9.83. The summed E-state index contributed by atoms with van der Waals surface area (Å²) in [6.45, 7) is 9.15. The Kier molecular flexibility index (Phi) is 6.26. The lowest BCUT2D eigenvalue weighted by molar-refractivity contribution is -0.146. The molecule has 0 spiro atoms. The van der Waals surface area contributed by atoms with Gasteiger partial charge in [0.1, 0.15) is 5.75 Å². The van der Waals surface area contributed by atoms with Crippen LogP contribution in [0.2, 0.25) is 0 Å². The summed E-state index contributed by atoms with van der Waals surface area (Å²) in [7, 11) is 0. The number of hydrogen-bond acceptors (Lipinski definition) is 5. The summed E-state index contributed by atoms with van der Waals surface area (Å²) in [5.74, 6) is 2.58. The van der Waals surface area contributed by atoms with E-state index in [-0.39, 0.29) is 5.91 Å². The van der Waals surface area contributed by atoms with Gasteiger partial charge in [0.05, 0.1) is 18.8 Å². The van der Waals surface area contributed by atoms with Crippen LogP contribution in [0, 0.1) is 11.8 Å². The molecule has 1 aromatic carbocycles. The zero-order valence-corrected chi connectivity index (χ0v) is 19.2. The first-order chi connectivity index (χ1) is 15.6. The average Bonchev–Trinajstić information content (AvgIpc) is 2.80. The van der Waals surface area contributed by atoms with E-state index in [1.807, 2.05) is 30.0 Å². The molecule has 0 aliphatic carbocycles. The molecule has 4 aliphatic rings. The van der Waals surface area contributed by atoms with Gasteiger partial charge in [0.15, 0.2) is 0 Å². The van der Waals surface area contributed by atoms with Crippen molar-refractivity contribution in [3.63, 3.8) is 0 Å². The van der Waals surface area contributed by atoms with E-state index in [4.69, 9.17) is 4.74 Å². The third kappa shape index (κ3) is 4.32. The highest BCUT2D eigenvalue weighted by molar-refractivity contribution is 5.79. The van der Waals surface area contributed by atoms with E-state index in [1.54, 1.807) is 0 Å². The predicted octanol–water partition coefficient (Wildman–Crippen LogP) is 2.07. The third-order valence-corrected chi connectivity index (χ3v) is 7.75. The van der Waals surface area contributed by atoms with Crippen LogP contribution in [-0.2, 0) is 9.59 Å². The van der Waals surface area contributed by atoms with Crippen molar-refractivity contribution < 1.29 is 14.3 Å². The number of carbonyl (C=O) groups is 2. The normalized spacial score (nSPS) is 28.5. The highest BCUT2D eigenvalue weighted by atomic mass is 16.5. The van der Waals surface area contributed by atoms with Gasteiger partial charge in [0.2, 0.25) is 11.8 Å². The highest BCUT2D eigenvalue weighted by Crippen LogP contribution is 2.38. The molecule has 3 atom stereocenters. The van der Waals surface area contributed by atoms with Crippen molar-refractivity contribution in [3.05, 3.63) is 24.3 Å². The van der Waals surface area contributed by atoms with Crippen LogP contribution in [0.1, 0.15) is 32.6 Å². The molecular weight excluding hydrogens is 404 g/mol. The summed E-state index contributed by atoms with van der Waals surface area (Å²) >= 11 is 0. The second-order valence-electron chi connectivity index (χ2n) is 9.83. The molecule has 5 rings (SSSR count). The Hall–Kier alpha value is -2.28. The molecule has 7 nitrogen and oxygen atoms in total. The van der Waals surface area contributed by atoms with Gasteiger partial charge in [-0.1, -0.05) is 12.1 Å². The minimum absolute atomic E-state index is 0.249. The number of rotatable bonds is 5. The first kappa shape index (κ1) is 21.6. The van der Waals surface area contributed by atoms with Gasteiger partial charge in [-0.2, -0.15) is 0 Å². The van der Waals surface area contributed by atoms with Crippen molar-refractivity contribution in [1.82, 2.24) is 14.7 Å². The summed E-state index contributed by atoms with van der Waals surface area (Å²) in [6.07, 6.45) is 4.10. The summed E-state index contributed by atoms with van der Waals surface area (Å²) < 4.78 is 5.79. The Morgan fingerprint density at radius 1 is 1.09 bits per heavy atom. The molecule has 4 fully saturated rings. The number of likely N-dealkylation sites (tertiary alicyclic amines) is 1. The number of nitrogens with zero attached hydrogens (tertiary/aromatic N) is 4. The topological polar surface area (TPSA) is 56.3 Å². The van der Waals surface area contributed by atoms with Crippen molar-refractivity contribution in [2.75, 3.05) is 63.9 Å². The molecule has 1 aromatic rings. The molecule has 0 radical (unpaired) electrons. The highest BCUT2D eigenvalue weighted by Gasteiger charge is 2.44. The number of para-hydroxylation sites is 2. The van der Waals surface area contributed by atoms with Crippen LogP contribution in [0.3, 0.4) is 0 Å². The molecule has 4 aliphatic heterocycles. The van der Waals surface area contributed by atoms with Crippen LogP contribution < -0.4 is 9.64 Å². The average molecular weight is 441 g/mol. The van der Waals surface area contributed by atoms with Crippen molar-refractivity contribution in [1.29, 1.82) is 0 Å². The summed E-state index contributed by atoms with van der Waals surface area (Å²) in [5.41, 5.74) is 1.12. The third-order valence-electron chi connectivity index (χ3n) is 7.75. The largest absolute Gasteiger partial charge is 0.492 e. The molecule has 4 saturated heterocycles. The Labute approximate surface area is 191 Å². The number of benzene rings is 1. The first-order valence-electron chi connectivity index (χ1n) is 12.4. The number of amides is 2. The number of carbonyl (C=O) groups excluding carboxylic acids is 2. The van der Waals surface area contributed by atoms with Crippen molar-refractivity contribution in [3.8, 4) is 5.75 Å². The van der Waals surface area contributed by atoms with Gasteiger partial charge < -0.3 is 19.4 Å². The van der Waals surface area contributed by atoms with Crippen LogP contribution in [0.25, 0.3) is 0 Å². The lowest BCUT2D eigenvalue weighted by atomic mass is 9.76. The standard InChI is InChI=1S/C25H36N4O3/c1-2-32-23-8-4-3-6-22(23)27-10-12-28(13-11-27)25(31)18-26-15-19-14-20(17-26)21-7-5-9-24(30)29(21)16-19/h3-4,6,8,19-21H,2,5,7,9-18H2,1H3/t19-,20-,21-/m1/s1. The van der Waals surface area contributed by atoms with Gasteiger partial charge in [-0.3, -0.25) is 14.5 Å². The van der Waals surface area contributed by atoms with Crippen LogP contribution in [0.4, 0.5) is 5.69 Å². The van der Waals surface area contributed by atoms with E-state index in [9.17, 15) is 9.59 Å². The fourth-order valence-corrected chi connectivity index (χ4v) is 6.33. The van der Waals surface area contributed by atoms with E-state index in [2.05, 4.69) is 20.8 Å². The van der Waals surface area contributed by atoms with E-state index in [0.717, 1.165) is 76.5 Å². The van der Waals surface area contributed by atoms with Crippen molar-refractivity contribution in [2.45, 2.75) is 38.6 Å². The molecule has 0 N–H and O–H groups in total. The zero-order valence-electron chi connectivity index (χ0n) is 19.2. The van der Waals surface area contributed by atoms with Gasteiger partial charge in [0.25, 0.3) is 0 Å². The lowest BCUT2D eigenvalue weighted by Crippen LogP contribution is -2.61. The van der Waals surface area contributed by atoms with E-state index in [1.165, 1.54) is 6.42 Å². The first-order valence-corrected chi connectivity index (χ1v) is 12.4. The Morgan fingerprint density at radius 3 is 2.72 bits per heavy atom. The maximum absolute atomic E-state index is 13.1. The molecule has 2 amide bonds. The minimum atomic E-state index is 0.249. The van der Waals surface area contributed by atoms with Gasteiger partial charge >= 0.3 is 0 Å². The van der Waals surface area contributed by atoms with Crippen LogP contribution in [-0.4, -0.2) is 91.5 Å². The molecule has 0 saturated carbocycles. The van der Waals surface area contributed by atoms with Gasteiger partial charge in [-0.05, 0) is 50.2 Å². The number of fused-ring (bicyclic) bond motifs is 4. The summed E-state index contributed by atoms with van der Waals surface area (Å²) in [6, 6.07) is 8.58. The summed E-state index contributed by atoms with van der Waals surface area (Å²) in [4.78, 5) is 34.4. The van der Waals surface area contributed by atoms with Gasteiger partial charge in [-0.15, -0.1) is 0 Å². The SMILES string of the molecule is CCOc1ccccc1N1CCN(C(=O)CN2C[C@H]3C[C@H](C2)[C@H]2CCCC(=O)N2C3)CC1. The second kappa shape index (κ2) is 9.30. The number of piperidine rings is 3. The lowest BCUT2D eigenvalue weighted by Gasteiger charge is -2.52. The fourth-order valence-electron chi connectivity index (χ4n) is 6.33. The Bertz CT molecular complexity index is 838. The molecule has 32 heavy (non-hydrogen) atoms. The number of ether oxygens (including phenoxy) is 1. The number of hydrogen-bond donors (Lipinski definition) is 0. The van der Waals surface area contributed by atoms with Crippen LogP contribution in [0.15, 0.2) is 24.3 Å². The molecule has 2 bridgehead atoms. The molecule has 0 aromatic heterocycles. The fraction of sp³-hybridized carbons (Fsp3) is 0.680. The van der Waals surface area contributed by atoms with Crippen LogP contribution >= 0.6 is 0 Å². The van der Waals surface area contributed by atoms with Crippen molar-refractivity contribution in [2.24, 2.45) is 11.8 Å². The van der Waals surface area contributed by atoms with Crippen molar-refractivity contribution >= 4 is 17.5 Å². The van der Waals surface area contributed by atoms with E-state index >= 15 is 0 Å². The number of piperazine rings is 1. The smallest absolute Gasteiger partial charge is 0.236 e. The molecule has 4 heterocycles. The quantitative estimate of drug-likeness (QED) is 0.702. The minimum Gasteiger partial charge on any atom is -0.492 e. The zero-order chi connectivity index (χ0) is 22.1. The maximum atomic E-state index is 13.1. The summed E-state index contributed by atoms with van der Waals surface area (Å²) in [5, 5.41) is 0. The van der Waals surface area contributed by atoms with Crippen LogP contribution in [0.5, 0.6) is 5.75 Å². The van der Waals surface area contributed by atoms with E-state index < -0.39 is 0 Å². The van der Waals surface area contributed by atoms with Gasteiger partial charge in [-0.25, -0.2) is 0 Å².